The van der Waals surface area contributed by atoms with E-state index in [4.69, 9.17) is 20.8 Å². The van der Waals surface area contributed by atoms with Crippen LogP contribution in [-0.2, 0) is 0 Å². The van der Waals surface area contributed by atoms with E-state index in [1.807, 2.05) is 18.3 Å². The lowest BCUT2D eigenvalue weighted by atomic mass is 10.1. The fourth-order valence-electron chi connectivity index (χ4n) is 2.05. The van der Waals surface area contributed by atoms with Gasteiger partial charge in [0.05, 0.1) is 18.8 Å². The molecule has 1 atom stereocenters. The molecular formula is C16H21ClN2O2. The topological polar surface area (TPSA) is 47.3 Å². The number of aromatic nitrogens is 1. The molecule has 0 aliphatic heterocycles. The zero-order valence-electron chi connectivity index (χ0n) is 12.4. The first-order valence-electron chi connectivity index (χ1n) is 7.31. The van der Waals surface area contributed by atoms with Crippen LogP contribution in [0.15, 0.2) is 35.0 Å². The Labute approximate surface area is 130 Å². The molecule has 2 aromatic heterocycles. The smallest absolute Gasteiger partial charge is 0.193 e. The molecule has 0 aliphatic carbocycles. The fourth-order valence-corrected chi connectivity index (χ4v) is 2.20. The van der Waals surface area contributed by atoms with E-state index < -0.39 is 0 Å². The summed E-state index contributed by atoms with van der Waals surface area (Å²) < 4.78 is 11.2. The van der Waals surface area contributed by atoms with Crippen LogP contribution in [0.2, 0.25) is 5.22 Å². The lowest BCUT2D eigenvalue weighted by Gasteiger charge is -2.17. The Morgan fingerprint density at radius 3 is 2.81 bits per heavy atom. The summed E-state index contributed by atoms with van der Waals surface area (Å²) in [6.07, 6.45) is 5.55. The van der Waals surface area contributed by atoms with Crippen LogP contribution in [0.4, 0.5) is 0 Å². The van der Waals surface area contributed by atoms with Gasteiger partial charge in [-0.25, -0.2) is 0 Å². The van der Waals surface area contributed by atoms with Crippen LogP contribution in [0.25, 0.3) is 0 Å². The molecule has 0 amide bonds. The maximum absolute atomic E-state index is 5.89. The highest BCUT2D eigenvalue weighted by molar-refractivity contribution is 6.28. The molecule has 0 spiro atoms. The van der Waals surface area contributed by atoms with E-state index in [9.17, 15) is 0 Å². The maximum atomic E-state index is 5.89. The molecule has 0 aliphatic rings. The minimum absolute atomic E-state index is 0.0740. The molecule has 0 saturated carbocycles. The summed E-state index contributed by atoms with van der Waals surface area (Å²) in [5.41, 5.74) is 1.00. The second-order valence-electron chi connectivity index (χ2n) is 4.83. The summed E-state index contributed by atoms with van der Waals surface area (Å²) in [5, 5.41) is 3.84. The van der Waals surface area contributed by atoms with E-state index in [1.54, 1.807) is 12.3 Å². The highest BCUT2D eigenvalue weighted by atomic mass is 35.5. The fraction of sp³-hybridized carbons (Fsp3) is 0.438. The molecule has 2 heterocycles. The van der Waals surface area contributed by atoms with E-state index in [-0.39, 0.29) is 6.04 Å². The highest BCUT2D eigenvalue weighted by Crippen LogP contribution is 2.27. The van der Waals surface area contributed by atoms with Crippen molar-refractivity contribution in [3.05, 3.63) is 47.1 Å². The first kappa shape index (κ1) is 15.9. The number of rotatable bonds is 8. The Hall–Kier alpha value is -1.52. The quantitative estimate of drug-likeness (QED) is 0.793. The minimum atomic E-state index is -0.0740. The zero-order valence-corrected chi connectivity index (χ0v) is 13.2. The Kier molecular flexibility index (Phi) is 6.08. The number of ether oxygens (including phenoxy) is 1. The van der Waals surface area contributed by atoms with E-state index >= 15 is 0 Å². The molecule has 0 radical (unpaired) electrons. The Morgan fingerprint density at radius 2 is 2.14 bits per heavy atom. The molecule has 4 nitrogen and oxygen atoms in total. The van der Waals surface area contributed by atoms with Gasteiger partial charge in [-0.2, -0.15) is 0 Å². The third-order valence-corrected chi connectivity index (χ3v) is 3.22. The summed E-state index contributed by atoms with van der Waals surface area (Å²) in [6.45, 7) is 5.76. The molecule has 5 heteroatoms. The number of furan rings is 1. The number of hydrogen-bond acceptors (Lipinski definition) is 4. The molecule has 2 aromatic rings. The van der Waals surface area contributed by atoms with Gasteiger partial charge in [-0.15, -0.1) is 0 Å². The summed E-state index contributed by atoms with van der Waals surface area (Å²) in [4.78, 5) is 4.26. The molecular weight excluding hydrogens is 288 g/mol. The van der Waals surface area contributed by atoms with Crippen LogP contribution < -0.4 is 10.1 Å². The van der Waals surface area contributed by atoms with Crippen LogP contribution in [0.3, 0.4) is 0 Å². The van der Waals surface area contributed by atoms with Crippen molar-refractivity contribution in [2.45, 2.75) is 32.7 Å². The molecule has 114 valence electrons. The number of hydrogen-bond donors (Lipinski definition) is 1. The Morgan fingerprint density at radius 1 is 1.29 bits per heavy atom. The van der Waals surface area contributed by atoms with Crippen molar-refractivity contribution in [2.75, 3.05) is 13.2 Å². The van der Waals surface area contributed by atoms with Crippen molar-refractivity contribution in [1.29, 1.82) is 0 Å². The van der Waals surface area contributed by atoms with Crippen LogP contribution in [0.5, 0.6) is 5.75 Å². The van der Waals surface area contributed by atoms with E-state index in [2.05, 4.69) is 24.1 Å². The number of nitrogens with one attached hydrogen (secondary N) is 1. The standard InChI is InChI=1S/C16H21ClN2O2/c1-3-7-19-16(14-5-6-15(17)21-14)12-9-13(11-18-10-12)20-8-4-2/h5-6,9-11,16,19H,3-4,7-8H2,1-2H3. The Balaban J connectivity index is 2.23. The molecule has 0 aromatic carbocycles. The second-order valence-corrected chi connectivity index (χ2v) is 5.20. The van der Waals surface area contributed by atoms with E-state index in [1.165, 1.54) is 0 Å². The average molecular weight is 309 g/mol. The van der Waals surface area contributed by atoms with Gasteiger partial charge in [-0.05, 0) is 54.7 Å². The van der Waals surface area contributed by atoms with Gasteiger partial charge in [0.1, 0.15) is 11.5 Å². The van der Waals surface area contributed by atoms with Crippen LogP contribution >= 0.6 is 11.6 Å². The predicted octanol–water partition coefficient (Wildman–Crippen LogP) is 4.21. The largest absolute Gasteiger partial charge is 0.492 e. The molecule has 1 unspecified atom stereocenters. The summed E-state index contributed by atoms with van der Waals surface area (Å²) in [6, 6.07) is 5.56. The van der Waals surface area contributed by atoms with Crippen molar-refractivity contribution in [1.82, 2.24) is 10.3 Å². The first-order valence-corrected chi connectivity index (χ1v) is 7.68. The molecule has 2 rings (SSSR count). The van der Waals surface area contributed by atoms with Gasteiger partial charge in [-0.3, -0.25) is 4.98 Å². The number of pyridine rings is 1. The van der Waals surface area contributed by atoms with Crippen molar-refractivity contribution in [2.24, 2.45) is 0 Å². The highest BCUT2D eigenvalue weighted by Gasteiger charge is 2.18. The molecule has 21 heavy (non-hydrogen) atoms. The Bertz CT molecular complexity index is 557. The number of halogens is 1. The van der Waals surface area contributed by atoms with Gasteiger partial charge >= 0.3 is 0 Å². The van der Waals surface area contributed by atoms with Gasteiger partial charge in [0.2, 0.25) is 0 Å². The molecule has 0 saturated heterocycles. The van der Waals surface area contributed by atoms with Crippen LogP contribution in [0.1, 0.15) is 44.1 Å². The normalized spacial score (nSPS) is 12.3. The maximum Gasteiger partial charge on any atom is 0.193 e. The SMILES string of the molecule is CCCNC(c1cncc(OCCC)c1)c1ccc(Cl)o1. The van der Waals surface area contributed by atoms with E-state index in [0.717, 1.165) is 36.5 Å². The summed E-state index contributed by atoms with van der Waals surface area (Å²) in [7, 11) is 0. The monoisotopic (exact) mass is 308 g/mol. The minimum Gasteiger partial charge on any atom is -0.492 e. The second kappa shape index (κ2) is 8.05. The third kappa shape index (κ3) is 4.48. The van der Waals surface area contributed by atoms with Crippen molar-refractivity contribution in [3.8, 4) is 5.75 Å². The molecule has 0 bridgehead atoms. The zero-order chi connectivity index (χ0) is 15.1. The van der Waals surface area contributed by atoms with Crippen LogP contribution in [0, 0.1) is 0 Å². The number of nitrogens with zero attached hydrogens (tertiary/aromatic N) is 1. The van der Waals surface area contributed by atoms with Gasteiger partial charge in [-0.1, -0.05) is 13.8 Å². The van der Waals surface area contributed by atoms with Crippen molar-refractivity contribution in [3.63, 3.8) is 0 Å². The van der Waals surface area contributed by atoms with Gasteiger partial charge in [0.25, 0.3) is 0 Å². The lowest BCUT2D eigenvalue weighted by molar-refractivity contribution is 0.315. The first-order chi connectivity index (χ1) is 10.2. The van der Waals surface area contributed by atoms with Gasteiger partial charge in [0, 0.05) is 6.20 Å². The van der Waals surface area contributed by atoms with Gasteiger partial charge < -0.3 is 14.5 Å². The average Bonchev–Trinajstić information content (AvgIpc) is 2.92. The molecule has 1 N–H and O–H groups in total. The van der Waals surface area contributed by atoms with E-state index in [0.29, 0.717) is 11.8 Å². The lowest BCUT2D eigenvalue weighted by Crippen LogP contribution is -2.23. The van der Waals surface area contributed by atoms with Gasteiger partial charge in [0.15, 0.2) is 5.22 Å². The summed E-state index contributed by atoms with van der Waals surface area (Å²) >= 11 is 5.89. The molecule has 0 fully saturated rings. The third-order valence-electron chi connectivity index (χ3n) is 3.02. The van der Waals surface area contributed by atoms with Crippen molar-refractivity contribution >= 4 is 11.6 Å². The van der Waals surface area contributed by atoms with Crippen molar-refractivity contribution < 1.29 is 9.15 Å². The predicted molar refractivity (Wildman–Crippen MR) is 83.9 cm³/mol. The van der Waals surface area contributed by atoms with Crippen LogP contribution in [-0.4, -0.2) is 18.1 Å². The summed E-state index contributed by atoms with van der Waals surface area (Å²) in [5.74, 6) is 1.55.